The fourth-order valence-corrected chi connectivity index (χ4v) is 1.61. The van der Waals surface area contributed by atoms with Crippen molar-refractivity contribution < 1.29 is 14.6 Å². The standard InChI is InChI=1S/C8H12O3/c9-7-2-1-3-8(6-7)10-4-5-11-8/h1-2,7,9H,3-6H2/t7-/m0/s1. The van der Waals surface area contributed by atoms with Crippen LogP contribution in [0.5, 0.6) is 0 Å². The van der Waals surface area contributed by atoms with Gasteiger partial charge in [-0.3, -0.25) is 0 Å². The van der Waals surface area contributed by atoms with Gasteiger partial charge in [0.25, 0.3) is 0 Å². The first-order valence-corrected chi connectivity index (χ1v) is 3.93. The molecule has 1 N–H and O–H groups in total. The second-order valence-corrected chi connectivity index (χ2v) is 3.01. The van der Waals surface area contributed by atoms with Gasteiger partial charge in [-0.2, -0.15) is 0 Å². The van der Waals surface area contributed by atoms with Gasteiger partial charge in [0.05, 0.1) is 19.3 Å². The topological polar surface area (TPSA) is 38.7 Å². The Morgan fingerprint density at radius 1 is 1.36 bits per heavy atom. The van der Waals surface area contributed by atoms with Crippen LogP contribution in [-0.2, 0) is 9.47 Å². The summed E-state index contributed by atoms with van der Waals surface area (Å²) in [4.78, 5) is 0. The van der Waals surface area contributed by atoms with Crippen LogP contribution in [0.2, 0.25) is 0 Å². The molecule has 0 aromatic rings. The largest absolute Gasteiger partial charge is 0.389 e. The zero-order valence-corrected chi connectivity index (χ0v) is 6.32. The van der Waals surface area contributed by atoms with Crippen LogP contribution in [0.25, 0.3) is 0 Å². The number of hydrogen-bond donors (Lipinski definition) is 1. The maximum absolute atomic E-state index is 9.29. The van der Waals surface area contributed by atoms with Crippen LogP contribution in [0.1, 0.15) is 12.8 Å². The molecular formula is C8H12O3. The molecule has 0 aromatic carbocycles. The Kier molecular flexibility index (Phi) is 1.71. The maximum atomic E-state index is 9.29. The van der Waals surface area contributed by atoms with Crippen molar-refractivity contribution >= 4 is 0 Å². The van der Waals surface area contributed by atoms with Crippen molar-refractivity contribution in [3.63, 3.8) is 0 Å². The molecule has 11 heavy (non-hydrogen) atoms. The second-order valence-electron chi connectivity index (χ2n) is 3.01. The predicted octanol–water partition coefficient (Wildman–Crippen LogP) is 0.440. The summed E-state index contributed by atoms with van der Waals surface area (Å²) in [5.74, 6) is -0.492. The number of hydrogen-bond acceptors (Lipinski definition) is 3. The van der Waals surface area contributed by atoms with Crippen molar-refractivity contribution in [2.24, 2.45) is 0 Å². The lowest BCUT2D eigenvalue weighted by Crippen LogP contribution is -2.36. The van der Waals surface area contributed by atoms with E-state index in [0.717, 1.165) is 6.42 Å². The molecule has 62 valence electrons. The Hall–Kier alpha value is -0.380. The molecule has 1 heterocycles. The fraction of sp³-hybridized carbons (Fsp3) is 0.750. The van der Waals surface area contributed by atoms with Gasteiger partial charge in [0.2, 0.25) is 0 Å². The molecule has 2 aliphatic rings. The van der Waals surface area contributed by atoms with Crippen LogP contribution < -0.4 is 0 Å². The third-order valence-electron chi connectivity index (χ3n) is 2.12. The molecule has 3 heteroatoms. The molecule has 0 aromatic heterocycles. The van der Waals surface area contributed by atoms with Crippen molar-refractivity contribution in [2.75, 3.05) is 13.2 Å². The minimum absolute atomic E-state index is 0.401. The van der Waals surface area contributed by atoms with E-state index in [4.69, 9.17) is 9.47 Å². The van der Waals surface area contributed by atoms with Gasteiger partial charge in [0, 0.05) is 12.8 Å². The minimum atomic E-state index is -0.492. The van der Waals surface area contributed by atoms with Crippen LogP contribution in [0, 0.1) is 0 Å². The third-order valence-corrected chi connectivity index (χ3v) is 2.12. The van der Waals surface area contributed by atoms with Crippen LogP contribution in [0.3, 0.4) is 0 Å². The molecule has 1 fully saturated rings. The first-order valence-electron chi connectivity index (χ1n) is 3.93. The Labute approximate surface area is 65.6 Å². The lowest BCUT2D eigenvalue weighted by Gasteiger charge is -2.30. The highest BCUT2D eigenvalue weighted by Crippen LogP contribution is 2.32. The SMILES string of the molecule is O[C@H]1C=CCC2(C1)OCCO2. The number of rotatable bonds is 0. The van der Waals surface area contributed by atoms with E-state index in [-0.39, 0.29) is 0 Å². The molecule has 1 aliphatic carbocycles. The molecule has 0 unspecified atom stereocenters. The Morgan fingerprint density at radius 2 is 2.09 bits per heavy atom. The summed E-state index contributed by atoms with van der Waals surface area (Å²) in [5.41, 5.74) is 0. The van der Waals surface area contributed by atoms with E-state index < -0.39 is 11.9 Å². The normalized spacial score (nSPS) is 34.8. The quantitative estimate of drug-likeness (QED) is 0.517. The van der Waals surface area contributed by atoms with Crippen LogP contribution in [0.4, 0.5) is 0 Å². The Balaban J connectivity index is 2.09. The average Bonchev–Trinajstić information content (AvgIpc) is 2.37. The van der Waals surface area contributed by atoms with Gasteiger partial charge in [-0.05, 0) is 0 Å². The lowest BCUT2D eigenvalue weighted by atomic mass is 9.98. The van der Waals surface area contributed by atoms with E-state index in [1.807, 2.05) is 6.08 Å². The number of aliphatic hydroxyl groups excluding tert-OH is 1. The molecule has 1 spiro atoms. The van der Waals surface area contributed by atoms with Gasteiger partial charge in [0.1, 0.15) is 0 Å². The summed E-state index contributed by atoms with van der Waals surface area (Å²) in [7, 11) is 0. The van der Waals surface area contributed by atoms with Crippen LogP contribution >= 0.6 is 0 Å². The molecule has 3 nitrogen and oxygen atoms in total. The molecule has 0 bridgehead atoms. The van der Waals surface area contributed by atoms with E-state index >= 15 is 0 Å². The van der Waals surface area contributed by atoms with Crippen LogP contribution in [0.15, 0.2) is 12.2 Å². The third kappa shape index (κ3) is 1.31. The molecule has 0 saturated carbocycles. The molecule has 1 saturated heterocycles. The first kappa shape index (κ1) is 7.28. The van der Waals surface area contributed by atoms with E-state index in [0.29, 0.717) is 19.6 Å². The smallest absolute Gasteiger partial charge is 0.174 e. The summed E-state index contributed by atoms with van der Waals surface area (Å²) in [5, 5.41) is 9.29. The lowest BCUT2D eigenvalue weighted by molar-refractivity contribution is -0.173. The van der Waals surface area contributed by atoms with Gasteiger partial charge in [-0.15, -0.1) is 0 Å². The Morgan fingerprint density at radius 3 is 2.73 bits per heavy atom. The monoisotopic (exact) mass is 156 g/mol. The maximum Gasteiger partial charge on any atom is 0.174 e. The van der Waals surface area contributed by atoms with Crippen molar-refractivity contribution in [2.45, 2.75) is 24.7 Å². The summed E-state index contributed by atoms with van der Waals surface area (Å²) in [6, 6.07) is 0. The molecular weight excluding hydrogens is 144 g/mol. The van der Waals surface area contributed by atoms with Crippen molar-refractivity contribution in [1.82, 2.24) is 0 Å². The fourth-order valence-electron chi connectivity index (χ4n) is 1.61. The highest BCUT2D eigenvalue weighted by Gasteiger charge is 2.38. The highest BCUT2D eigenvalue weighted by molar-refractivity contribution is 5.01. The van der Waals surface area contributed by atoms with Gasteiger partial charge >= 0.3 is 0 Å². The highest BCUT2D eigenvalue weighted by atomic mass is 16.7. The molecule has 0 radical (unpaired) electrons. The summed E-state index contributed by atoms with van der Waals surface area (Å²) >= 11 is 0. The molecule has 2 rings (SSSR count). The second kappa shape index (κ2) is 2.59. The summed E-state index contributed by atoms with van der Waals surface area (Å²) < 4.78 is 10.8. The van der Waals surface area contributed by atoms with E-state index in [1.165, 1.54) is 0 Å². The summed E-state index contributed by atoms with van der Waals surface area (Å²) in [6.07, 6.45) is 4.64. The van der Waals surface area contributed by atoms with E-state index in [1.54, 1.807) is 6.08 Å². The zero-order chi connectivity index (χ0) is 7.73. The zero-order valence-electron chi connectivity index (χ0n) is 6.32. The first-order chi connectivity index (χ1) is 5.31. The van der Waals surface area contributed by atoms with Crippen molar-refractivity contribution in [1.29, 1.82) is 0 Å². The molecule has 0 amide bonds. The predicted molar refractivity (Wildman–Crippen MR) is 39.0 cm³/mol. The average molecular weight is 156 g/mol. The van der Waals surface area contributed by atoms with Gasteiger partial charge < -0.3 is 14.6 Å². The number of ether oxygens (including phenoxy) is 2. The van der Waals surface area contributed by atoms with Gasteiger partial charge in [-0.1, -0.05) is 12.2 Å². The molecule has 1 aliphatic heterocycles. The molecule has 1 atom stereocenters. The van der Waals surface area contributed by atoms with E-state index in [9.17, 15) is 5.11 Å². The van der Waals surface area contributed by atoms with Crippen LogP contribution in [-0.4, -0.2) is 30.2 Å². The minimum Gasteiger partial charge on any atom is -0.389 e. The van der Waals surface area contributed by atoms with Crippen molar-refractivity contribution in [3.05, 3.63) is 12.2 Å². The van der Waals surface area contributed by atoms with E-state index in [2.05, 4.69) is 0 Å². The van der Waals surface area contributed by atoms with Crippen molar-refractivity contribution in [3.8, 4) is 0 Å². The van der Waals surface area contributed by atoms with Gasteiger partial charge in [-0.25, -0.2) is 0 Å². The Bertz CT molecular complexity index is 170. The number of aliphatic hydroxyl groups is 1. The van der Waals surface area contributed by atoms with Gasteiger partial charge in [0.15, 0.2) is 5.79 Å². The summed E-state index contributed by atoms with van der Waals surface area (Å²) in [6.45, 7) is 1.31.